The summed E-state index contributed by atoms with van der Waals surface area (Å²) < 4.78 is 23.3. The molecule has 148 valence electrons. The van der Waals surface area contributed by atoms with Crippen molar-refractivity contribution in [2.75, 3.05) is 0 Å². The molecule has 0 fully saturated rings. The van der Waals surface area contributed by atoms with Crippen LogP contribution in [0.25, 0.3) is 22.3 Å². The number of carbonyl (C=O) groups is 1. The summed E-state index contributed by atoms with van der Waals surface area (Å²) in [4.78, 5) is 19.1. The van der Waals surface area contributed by atoms with Gasteiger partial charge in [-0.05, 0) is 47.9 Å². The van der Waals surface area contributed by atoms with E-state index in [0.717, 1.165) is 22.3 Å². The Labute approximate surface area is 168 Å². The fourth-order valence-corrected chi connectivity index (χ4v) is 4.14. The molecule has 0 aliphatic heterocycles. The number of hydrogen-bond donors (Lipinski definition) is 3. The molecule has 7 nitrogen and oxygen atoms in total. The van der Waals surface area contributed by atoms with Gasteiger partial charge in [-0.3, -0.25) is 4.79 Å². The number of aromatic nitrogens is 2. The van der Waals surface area contributed by atoms with E-state index in [1.54, 1.807) is 12.3 Å². The smallest absolute Gasteiger partial charge is 0.238 e. The molecule has 1 aromatic carbocycles. The number of primary sulfonamides is 1. The third-order valence-electron chi connectivity index (χ3n) is 4.86. The van der Waals surface area contributed by atoms with Crippen LogP contribution in [0, 0.1) is 0 Å². The van der Waals surface area contributed by atoms with Crippen LogP contribution in [0.15, 0.2) is 71.4 Å². The van der Waals surface area contributed by atoms with Crippen LogP contribution < -0.4 is 10.5 Å². The predicted molar refractivity (Wildman–Crippen MR) is 111 cm³/mol. The van der Waals surface area contributed by atoms with Gasteiger partial charge in [0.2, 0.25) is 15.9 Å². The molecule has 0 saturated heterocycles. The maximum atomic E-state index is 11.7. The lowest BCUT2D eigenvalue weighted by Gasteiger charge is -2.19. The molecule has 1 amide bonds. The Morgan fingerprint density at radius 2 is 2.10 bits per heavy atom. The number of nitrogens with two attached hydrogens (primary N) is 1. The van der Waals surface area contributed by atoms with Gasteiger partial charge in [-0.25, -0.2) is 18.5 Å². The number of sulfonamides is 1. The molecular weight excluding hydrogens is 388 g/mol. The number of benzene rings is 1. The molecular formula is C21H20N4O3S. The molecule has 0 spiro atoms. The first-order valence-electron chi connectivity index (χ1n) is 9.07. The van der Waals surface area contributed by atoms with Gasteiger partial charge in [0.15, 0.2) is 0 Å². The molecule has 2 aromatic heterocycles. The monoisotopic (exact) mass is 408 g/mol. The van der Waals surface area contributed by atoms with E-state index in [1.165, 1.54) is 19.1 Å². The van der Waals surface area contributed by atoms with Gasteiger partial charge in [0.05, 0.1) is 4.90 Å². The first-order valence-corrected chi connectivity index (χ1v) is 10.6. The van der Waals surface area contributed by atoms with Crippen molar-refractivity contribution < 1.29 is 13.2 Å². The number of hydrogen-bond acceptors (Lipinski definition) is 4. The third kappa shape index (κ3) is 3.98. The molecule has 4 N–H and O–H groups in total. The van der Waals surface area contributed by atoms with E-state index in [-0.39, 0.29) is 16.7 Å². The van der Waals surface area contributed by atoms with Gasteiger partial charge >= 0.3 is 0 Å². The van der Waals surface area contributed by atoms with Crippen LogP contribution in [0.5, 0.6) is 0 Å². The van der Waals surface area contributed by atoms with E-state index in [4.69, 9.17) is 5.14 Å². The molecule has 2 heterocycles. The first-order chi connectivity index (χ1) is 13.8. The van der Waals surface area contributed by atoms with Gasteiger partial charge in [0.1, 0.15) is 5.65 Å². The molecule has 4 rings (SSSR count). The number of nitrogens with one attached hydrogen (secondary N) is 2. The van der Waals surface area contributed by atoms with Crippen LogP contribution >= 0.6 is 0 Å². The molecule has 0 saturated carbocycles. The number of nitrogens with zero attached hydrogens (tertiary/aromatic N) is 1. The van der Waals surface area contributed by atoms with Crippen LogP contribution in [0.4, 0.5) is 0 Å². The summed E-state index contributed by atoms with van der Waals surface area (Å²) in [6.45, 7) is 1.49. The van der Waals surface area contributed by atoms with Crippen molar-refractivity contribution in [2.45, 2.75) is 24.2 Å². The quantitative estimate of drug-likeness (QED) is 0.615. The largest absolute Gasteiger partial charge is 0.339 e. The minimum atomic E-state index is -3.78. The molecule has 1 aliphatic rings. The lowest BCUT2D eigenvalue weighted by Crippen LogP contribution is -2.21. The second kappa shape index (κ2) is 7.31. The number of amides is 1. The average molecular weight is 408 g/mol. The van der Waals surface area contributed by atoms with Crippen molar-refractivity contribution in [3.63, 3.8) is 0 Å². The Morgan fingerprint density at radius 3 is 2.86 bits per heavy atom. The normalized spacial score (nSPS) is 16.6. The highest BCUT2D eigenvalue weighted by Gasteiger charge is 2.19. The highest BCUT2D eigenvalue weighted by atomic mass is 32.2. The van der Waals surface area contributed by atoms with Crippen LogP contribution in [0.1, 0.15) is 24.8 Å². The Balaban J connectivity index is 1.73. The minimum Gasteiger partial charge on any atom is -0.339 e. The number of H-pyrrole nitrogens is 1. The van der Waals surface area contributed by atoms with E-state index in [9.17, 15) is 13.2 Å². The zero-order valence-corrected chi connectivity index (χ0v) is 16.5. The number of pyridine rings is 1. The summed E-state index contributed by atoms with van der Waals surface area (Å²) in [5.41, 5.74) is 4.11. The van der Waals surface area contributed by atoms with Gasteiger partial charge in [-0.15, -0.1) is 0 Å². The molecule has 1 atom stereocenters. The molecule has 8 heteroatoms. The summed E-state index contributed by atoms with van der Waals surface area (Å²) in [6, 6.07) is 10.4. The summed E-state index contributed by atoms with van der Waals surface area (Å²) >= 11 is 0. The van der Waals surface area contributed by atoms with Crippen LogP contribution in [0.2, 0.25) is 0 Å². The lowest BCUT2D eigenvalue weighted by molar-refractivity contribution is -0.118. The van der Waals surface area contributed by atoms with Crippen molar-refractivity contribution in [3.8, 4) is 11.3 Å². The lowest BCUT2D eigenvalue weighted by atomic mass is 9.89. The number of fused-ring (bicyclic) bond motifs is 1. The maximum absolute atomic E-state index is 11.7. The Bertz CT molecular complexity index is 1270. The molecule has 0 bridgehead atoms. The van der Waals surface area contributed by atoms with Gasteiger partial charge in [-0.1, -0.05) is 24.3 Å². The van der Waals surface area contributed by atoms with Crippen LogP contribution in [0.3, 0.4) is 0 Å². The Kier molecular flexibility index (Phi) is 4.81. The van der Waals surface area contributed by atoms with Crippen molar-refractivity contribution >= 4 is 27.0 Å². The van der Waals surface area contributed by atoms with Crippen molar-refractivity contribution in [3.05, 3.63) is 72.1 Å². The minimum absolute atomic E-state index is 0.0575. The number of aromatic amines is 1. The fourth-order valence-electron chi connectivity index (χ4n) is 3.58. The second-order valence-electron chi connectivity index (χ2n) is 6.99. The molecule has 3 aromatic rings. The van der Waals surface area contributed by atoms with Gasteiger partial charge in [0.25, 0.3) is 0 Å². The zero-order chi connectivity index (χ0) is 20.6. The van der Waals surface area contributed by atoms with Crippen molar-refractivity contribution in [1.82, 2.24) is 15.3 Å². The fraction of sp³-hybridized carbons (Fsp3) is 0.143. The average Bonchev–Trinajstić information content (AvgIpc) is 3.11. The van der Waals surface area contributed by atoms with Crippen molar-refractivity contribution in [1.29, 1.82) is 0 Å². The standard InChI is InChI=1S/C21H20N4O3S/c1-13(26)24-16-6-2-4-14(10-16)18-8-9-23-21-19(18)12-20(25-21)15-5-3-7-17(11-15)29(22,27)28/h2-9,11-12,14H,10H2,1H3,(H,23,25)(H,24,26)(H2,22,27,28). The summed E-state index contributed by atoms with van der Waals surface area (Å²) in [5, 5.41) is 9.06. The highest BCUT2D eigenvalue weighted by molar-refractivity contribution is 7.89. The molecule has 1 aliphatic carbocycles. The molecule has 29 heavy (non-hydrogen) atoms. The Morgan fingerprint density at radius 1 is 1.28 bits per heavy atom. The van der Waals surface area contributed by atoms with E-state index >= 15 is 0 Å². The van der Waals surface area contributed by atoms with Gasteiger partial charge in [-0.2, -0.15) is 0 Å². The van der Waals surface area contributed by atoms with E-state index in [1.807, 2.05) is 30.4 Å². The number of rotatable bonds is 4. The SMILES string of the molecule is CC(=O)NC1=CC=CC(c2ccnc3[nH]c(-c4cccc(S(N)(=O)=O)c4)cc23)C1. The van der Waals surface area contributed by atoms with E-state index in [0.29, 0.717) is 17.6 Å². The summed E-state index contributed by atoms with van der Waals surface area (Å²) in [6.07, 6.45) is 8.35. The molecule has 1 unspecified atom stereocenters. The van der Waals surface area contributed by atoms with E-state index < -0.39 is 10.0 Å². The summed E-state index contributed by atoms with van der Waals surface area (Å²) in [7, 11) is -3.78. The summed E-state index contributed by atoms with van der Waals surface area (Å²) in [5.74, 6) is -0.00408. The molecule has 0 radical (unpaired) electrons. The van der Waals surface area contributed by atoms with Crippen LogP contribution in [-0.4, -0.2) is 24.3 Å². The number of allylic oxidation sites excluding steroid dienone is 4. The van der Waals surface area contributed by atoms with Gasteiger partial charge < -0.3 is 10.3 Å². The van der Waals surface area contributed by atoms with E-state index in [2.05, 4.69) is 21.4 Å². The second-order valence-corrected chi connectivity index (χ2v) is 8.55. The third-order valence-corrected chi connectivity index (χ3v) is 5.77. The number of carbonyl (C=O) groups excluding carboxylic acids is 1. The predicted octanol–water partition coefficient (Wildman–Crippen LogP) is 2.94. The Hall–Kier alpha value is -3.23. The highest BCUT2D eigenvalue weighted by Crippen LogP contribution is 2.34. The van der Waals surface area contributed by atoms with Crippen LogP contribution in [-0.2, 0) is 14.8 Å². The van der Waals surface area contributed by atoms with Gasteiger partial charge in [0, 0.05) is 35.8 Å². The maximum Gasteiger partial charge on any atom is 0.238 e. The van der Waals surface area contributed by atoms with Crippen molar-refractivity contribution in [2.24, 2.45) is 5.14 Å². The topological polar surface area (TPSA) is 118 Å². The first kappa shape index (κ1) is 19.1. The zero-order valence-electron chi connectivity index (χ0n) is 15.7.